The summed E-state index contributed by atoms with van der Waals surface area (Å²) in [6.07, 6.45) is 21.7. The number of methoxy groups -OCH3 is 2. The van der Waals surface area contributed by atoms with Crippen LogP contribution in [0.3, 0.4) is 0 Å². The van der Waals surface area contributed by atoms with Gasteiger partial charge in [0.25, 0.3) is 11.7 Å². The molecule has 2 heterocycles. The Bertz CT molecular complexity index is 1320. The maximum Gasteiger partial charge on any atom is 0.326 e. The minimum atomic E-state index is -1.36. The highest BCUT2D eigenvalue weighted by Crippen LogP contribution is 2.39. The van der Waals surface area contributed by atoms with Gasteiger partial charge in [0.05, 0.1) is 18.3 Å². The van der Waals surface area contributed by atoms with Gasteiger partial charge in [-0.05, 0) is 141 Å². The molecule has 0 aromatic heterocycles. The van der Waals surface area contributed by atoms with Crippen LogP contribution in [0.2, 0.25) is 0 Å². The summed E-state index contributed by atoms with van der Waals surface area (Å²) in [6, 6.07) is -0.979. The standard InChI is InChI=1S/C47H79NO8/c1-10-32(2)26-35(5)29-38(41(49)23-13-11-18-33(3)27-37-20-17-21-39(31-37)54-8)28-34(4)19-12-14-24-42-43(55-9)30-36(6)47(7,56-42)44(50)45(51)48-25-16-15-22-40(48)46(52)53/h27-28,32,35-40,42-43H,10-26,29-31H2,1-9H3,(H,52,53). The van der Waals surface area contributed by atoms with Crippen molar-refractivity contribution in [3.63, 3.8) is 0 Å². The third kappa shape index (κ3) is 14.5. The van der Waals surface area contributed by atoms with Crippen LogP contribution in [0, 0.1) is 29.6 Å². The third-order valence-corrected chi connectivity index (χ3v) is 13.5. The molecule has 1 N–H and O–H groups in total. The molecule has 1 saturated carbocycles. The highest BCUT2D eigenvalue weighted by Gasteiger charge is 2.52. The van der Waals surface area contributed by atoms with Crippen LogP contribution in [0.4, 0.5) is 0 Å². The molecule has 3 aliphatic rings. The van der Waals surface area contributed by atoms with Crippen molar-refractivity contribution in [2.45, 2.75) is 200 Å². The van der Waals surface area contributed by atoms with E-state index in [9.17, 15) is 24.3 Å². The predicted octanol–water partition coefficient (Wildman–Crippen LogP) is 10.1. The van der Waals surface area contributed by atoms with Crippen molar-refractivity contribution in [2.75, 3.05) is 20.8 Å². The van der Waals surface area contributed by atoms with Crippen molar-refractivity contribution >= 4 is 23.4 Å². The number of nitrogens with zero attached hydrogens (tertiary/aromatic N) is 1. The second-order valence-corrected chi connectivity index (χ2v) is 18.3. The number of likely N-dealkylation sites (tertiary alicyclic amines) is 1. The van der Waals surface area contributed by atoms with Crippen LogP contribution >= 0.6 is 0 Å². The maximum atomic E-state index is 13.8. The molecule has 56 heavy (non-hydrogen) atoms. The number of hydrogen-bond donors (Lipinski definition) is 1. The molecule has 1 amide bonds. The Morgan fingerprint density at radius 3 is 2.25 bits per heavy atom. The summed E-state index contributed by atoms with van der Waals surface area (Å²) < 4.78 is 18.0. The fraction of sp³-hybridized carbons (Fsp3) is 0.830. The van der Waals surface area contributed by atoms with Crippen LogP contribution in [-0.2, 0) is 33.4 Å². The van der Waals surface area contributed by atoms with E-state index in [4.69, 9.17) is 14.2 Å². The largest absolute Gasteiger partial charge is 0.480 e. The number of aliphatic carboxylic acids is 1. The summed E-state index contributed by atoms with van der Waals surface area (Å²) >= 11 is 0. The van der Waals surface area contributed by atoms with Gasteiger partial charge in [-0.2, -0.15) is 0 Å². The normalized spacial score (nSPS) is 29.4. The molecule has 0 bridgehead atoms. The lowest BCUT2D eigenvalue weighted by Gasteiger charge is -2.46. The summed E-state index contributed by atoms with van der Waals surface area (Å²) in [5.74, 6) is -0.740. The second kappa shape index (κ2) is 23.9. The average molecular weight is 786 g/mol. The Balaban J connectivity index is 1.57. The van der Waals surface area contributed by atoms with Crippen molar-refractivity contribution in [3.05, 3.63) is 23.3 Å². The van der Waals surface area contributed by atoms with Crippen LogP contribution in [-0.4, -0.2) is 84.2 Å². The third-order valence-electron chi connectivity index (χ3n) is 13.5. The average Bonchev–Trinajstić information content (AvgIpc) is 3.18. The number of carbonyl (C=O) groups excluding carboxylic acids is 3. The number of ketones is 2. The van der Waals surface area contributed by atoms with E-state index in [0.29, 0.717) is 68.2 Å². The van der Waals surface area contributed by atoms with E-state index in [1.165, 1.54) is 35.3 Å². The number of hydrogen-bond acceptors (Lipinski definition) is 7. The Hall–Kier alpha value is -2.36. The molecular weight excluding hydrogens is 707 g/mol. The number of carboxylic acids is 1. The first-order chi connectivity index (χ1) is 26.6. The van der Waals surface area contributed by atoms with Crippen molar-refractivity contribution in [1.82, 2.24) is 4.90 Å². The summed E-state index contributed by atoms with van der Waals surface area (Å²) in [5, 5.41) is 9.72. The smallest absolute Gasteiger partial charge is 0.326 e. The van der Waals surface area contributed by atoms with Crippen LogP contribution < -0.4 is 0 Å². The molecule has 10 atom stereocenters. The molecule has 2 saturated heterocycles. The highest BCUT2D eigenvalue weighted by molar-refractivity contribution is 6.39. The Morgan fingerprint density at radius 1 is 0.875 bits per heavy atom. The molecule has 1 aliphatic carbocycles. The number of unbranched alkanes of at least 4 members (excludes halogenated alkanes) is 2. The number of amides is 1. The molecule has 3 fully saturated rings. The number of Topliss-reactive ketones (excluding diaryl/α,β-unsaturated/α-hetero) is 2. The number of ether oxygens (including phenoxy) is 3. The Labute approximate surface area is 340 Å². The monoisotopic (exact) mass is 786 g/mol. The maximum absolute atomic E-state index is 13.8. The number of allylic oxidation sites excluding steroid dienone is 4. The minimum absolute atomic E-state index is 0.0650. The van der Waals surface area contributed by atoms with Crippen LogP contribution in [0.1, 0.15) is 170 Å². The van der Waals surface area contributed by atoms with Gasteiger partial charge in [0.2, 0.25) is 0 Å². The first-order valence-electron chi connectivity index (χ1n) is 22.3. The van der Waals surface area contributed by atoms with Crippen LogP contribution in [0.5, 0.6) is 0 Å². The lowest BCUT2D eigenvalue weighted by atomic mass is 9.77. The molecule has 3 rings (SSSR count). The van der Waals surface area contributed by atoms with Gasteiger partial charge in [0.15, 0.2) is 0 Å². The zero-order chi connectivity index (χ0) is 41.4. The first-order valence-corrected chi connectivity index (χ1v) is 22.3. The van der Waals surface area contributed by atoms with E-state index in [1.54, 1.807) is 14.0 Å². The van der Waals surface area contributed by atoms with E-state index in [2.05, 4.69) is 46.8 Å². The van der Waals surface area contributed by atoms with Gasteiger partial charge in [-0.15, -0.1) is 0 Å². The van der Waals surface area contributed by atoms with Crippen LogP contribution in [0.15, 0.2) is 23.3 Å². The molecule has 2 aliphatic heterocycles. The minimum Gasteiger partial charge on any atom is -0.480 e. The van der Waals surface area contributed by atoms with Gasteiger partial charge in [0, 0.05) is 33.1 Å². The van der Waals surface area contributed by atoms with Gasteiger partial charge in [-0.1, -0.05) is 70.3 Å². The second-order valence-electron chi connectivity index (χ2n) is 18.3. The molecule has 9 nitrogen and oxygen atoms in total. The molecule has 0 aromatic rings. The van der Waals surface area contributed by atoms with E-state index < -0.39 is 29.3 Å². The van der Waals surface area contributed by atoms with Gasteiger partial charge < -0.3 is 24.2 Å². The molecule has 320 valence electrons. The fourth-order valence-electron chi connectivity index (χ4n) is 9.55. The molecule has 10 unspecified atom stereocenters. The Kier molecular flexibility index (Phi) is 20.5. The summed E-state index contributed by atoms with van der Waals surface area (Å²) in [5.41, 5.74) is 1.32. The number of piperidine rings is 1. The van der Waals surface area contributed by atoms with Gasteiger partial charge in [-0.25, -0.2) is 4.79 Å². The van der Waals surface area contributed by atoms with E-state index in [-0.39, 0.29) is 30.6 Å². The van der Waals surface area contributed by atoms with E-state index in [1.807, 2.05) is 14.0 Å². The SMILES string of the molecule is CCC(C)CC(C)CC(C=C(C)CCCCC1OC(C)(C(=O)C(=O)N2CCCCC2C(=O)O)C(C)CC1OC)C(=O)CCCCC(C)=CC1CCCC(OC)C1. The van der Waals surface area contributed by atoms with Gasteiger partial charge >= 0.3 is 5.97 Å². The van der Waals surface area contributed by atoms with Crippen molar-refractivity contribution < 1.29 is 38.5 Å². The molecular formula is C47H79NO8. The van der Waals surface area contributed by atoms with Crippen molar-refractivity contribution in [1.29, 1.82) is 0 Å². The molecule has 0 aromatic carbocycles. The first kappa shape index (κ1) is 48.0. The predicted molar refractivity (Wildman–Crippen MR) is 223 cm³/mol. The van der Waals surface area contributed by atoms with E-state index in [0.717, 1.165) is 64.2 Å². The lowest BCUT2D eigenvalue weighted by Crippen LogP contribution is -2.61. The fourth-order valence-corrected chi connectivity index (χ4v) is 9.55. The zero-order valence-electron chi connectivity index (χ0n) is 36.7. The summed E-state index contributed by atoms with van der Waals surface area (Å²) in [7, 11) is 3.49. The number of carboxylic acid groups (broad SMARTS) is 1. The Morgan fingerprint density at radius 2 is 1.57 bits per heavy atom. The molecule has 9 heteroatoms. The van der Waals surface area contributed by atoms with Crippen LogP contribution in [0.25, 0.3) is 0 Å². The van der Waals surface area contributed by atoms with Gasteiger partial charge in [0.1, 0.15) is 17.4 Å². The van der Waals surface area contributed by atoms with Gasteiger partial charge in [-0.3, -0.25) is 14.4 Å². The summed E-state index contributed by atoms with van der Waals surface area (Å²) in [4.78, 5) is 54.1. The summed E-state index contributed by atoms with van der Waals surface area (Å²) in [6.45, 7) is 15.1. The number of carbonyl (C=O) groups is 4. The topological polar surface area (TPSA) is 119 Å². The molecule has 0 radical (unpaired) electrons. The van der Waals surface area contributed by atoms with E-state index >= 15 is 0 Å². The van der Waals surface area contributed by atoms with Crippen molar-refractivity contribution in [2.24, 2.45) is 29.6 Å². The highest BCUT2D eigenvalue weighted by atomic mass is 16.6. The quantitative estimate of drug-likeness (QED) is 0.0618. The zero-order valence-corrected chi connectivity index (χ0v) is 36.7. The van der Waals surface area contributed by atoms with Crippen molar-refractivity contribution in [3.8, 4) is 0 Å². The number of rotatable bonds is 23. The lowest BCUT2D eigenvalue weighted by molar-refractivity contribution is -0.206. The molecule has 0 spiro atoms.